The molecule has 5 aromatic carbocycles. The highest BCUT2D eigenvalue weighted by molar-refractivity contribution is 8.32. The molecule has 3 heteroatoms. The molecule has 48 heavy (non-hydrogen) atoms. The molecule has 0 saturated carbocycles. The molecule has 0 aliphatic heterocycles. The van der Waals surface area contributed by atoms with Gasteiger partial charge in [0.15, 0.2) is 0 Å². The number of hydrogen-bond acceptors (Lipinski definition) is 2. The number of benzene rings is 5. The lowest BCUT2D eigenvalue weighted by Gasteiger charge is -2.28. The maximum atomic E-state index is 4.58. The Bertz CT molecular complexity index is 2080. The van der Waals surface area contributed by atoms with Crippen LogP contribution in [0.4, 0.5) is 0 Å². The van der Waals surface area contributed by atoms with Crippen molar-refractivity contribution in [3.05, 3.63) is 163 Å². The minimum atomic E-state index is -1.02. The van der Waals surface area contributed by atoms with E-state index in [1.165, 1.54) is 60.5 Å². The molecule has 0 fully saturated rings. The fourth-order valence-corrected chi connectivity index (χ4v) is 7.48. The van der Waals surface area contributed by atoms with Crippen LogP contribution in [0.15, 0.2) is 157 Å². The zero-order valence-corrected chi connectivity index (χ0v) is 29.1. The Morgan fingerprint density at radius 1 is 0.375 bits per heavy atom. The number of hydrogen-bond donors (Lipinski definition) is 0. The molecule has 2 aromatic heterocycles. The van der Waals surface area contributed by atoms with Crippen LogP contribution in [0.5, 0.6) is 0 Å². The van der Waals surface area contributed by atoms with Gasteiger partial charge in [0.05, 0.1) is 11.4 Å². The predicted molar refractivity (Wildman–Crippen MR) is 208 cm³/mol. The fourth-order valence-electron chi connectivity index (χ4n) is 6.52. The van der Waals surface area contributed by atoms with E-state index in [1.54, 1.807) is 0 Å². The maximum absolute atomic E-state index is 4.58. The van der Waals surface area contributed by atoms with Gasteiger partial charge in [-0.1, -0.05) is 84.9 Å². The largest absolute Gasteiger partial charge is 0.256 e. The fraction of sp³-hybridized carbons (Fsp3) is 0.111. The van der Waals surface area contributed by atoms with Gasteiger partial charge in [0, 0.05) is 23.5 Å². The van der Waals surface area contributed by atoms with Gasteiger partial charge in [-0.3, -0.25) is 9.97 Å². The van der Waals surface area contributed by atoms with E-state index in [0.717, 1.165) is 22.5 Å². The molecule has 0 saturated heterocycles. The van der Waals surface area contributed by atoms with E-state index in [2.05, 4.69) is 158 Å². The van der Waals surface area contributed by atoms with Gasteiger partial charge in [-0.05, 0) is 148 Å². The first-order valence-corrected chi connectivity index (χ1v) is 19.2. The van der Waals surface area contributed by atoms with Gasteiger partial charge in [-0.25, -0.2) is 10.0 Å². The molecule has 7 rings (SSSR count). The number of nitrogens with zero attached hydrogens (tertiary/aromatic N) is 2. The van der Waals surface area contributed by atoms with Crippen molar-refractivity contribution in [2.45, 2.75) is 18.7 Å². The van der Waals surface area contributed by atoms with Crippen molar-refractivity contribution < 1.29 is 0 Å². The van der Waals surface area contributed by atoms with Gasteiger partial charge in [-0.2, -0.15) is 0 Å². The zero-order chi connectivity index (χ0) is 33.3. The topological polar surface area (TPSA) is 25.8 Å². The van der Waals surface area contributed by atoms with Gasteiger partial charge in [0.25, 0.3) is 0 Å². The summed E-state index contributed by atoms with van der Waals surface area (Å²) < 4.78 is 0. The number of aromatic nitrogens is 2. The van der Waals surface area contributed by atoms with Crippen molar-refractivity contribution in [2.75, 3.05) is 18.8 Å². The quantitative estimate of drug-likeness (QED) is 0.173. The Balaban J connectivity index is 1.35. The average Bonchev–Trinajstić information content (AvgIpc) is 3.12. The van der Waals surface area contributed by atoms with Crippen LogP contribution in [-0.4, -0.2) is 28.7 Å². The first kappa shape index (κ1) is 31.4. The summed E-state index contributed by atoms with van der Waals surface area (Å²) in [7, 11) is -1.02. The molecule has 0 unspecified atom stereocenters. The summed E-state index contributed by atoms with van der Waals surface area (Å²) in [6, 6.07) is 50.5. The monoisotopic (exact) mass is 640 g/mol. The number of aryl methyl sites for hydroxylation is 2. The second-order valence-corrected chi connectivity index (χ2v) is 17.3. The van der Waals surface area contributed by atoms with Crippen LogP contribution < -0.4 is 0 Å². The second-order valence-electron chi connectivity index (χ2n) is 13.2. The van der Waals surface area contributed by atoms with Crippen LogP contribution in [0, 0.1) is 13.8 Å². The lowest BCUT2D eigenvalue weighted by molar-refractivity contribution is 1.32. The molecule has 2 nitrogen and oxygen atoms in total. The molecular weight excluding hydrogens is 601 g/mol. The standard InChI is InChI=1S/C45H40N2S/c1-31-26-33(44-18-10-12-24-46-44)20-22-38(31)42-16-8-6-14-40(42)35-28-36(30-37(29-35)48(3,4)5)41-15-7-9-17-43(41)39-23-21-34(27-32(39)2)45-19-11-13-25-47-45/h6-30H,1-5H3. The van der Waals surface area contributed by atoms with Gasteiger partial charge < -0.3 is 0 Å². The van der Waals surface area contributed by atoms with E-state index in [4.69, 9.17) is 0 Å². The van der Waals surface area contributed by atoms with Crippen molar-refractivity contribution in [3.8, 4) is 67.0 Å². The number of rotatable bonds is 7. The van der Waals surface area contributed by atoms with Gasteiger partial charge >= 0.3 is 0 Å². The Morgan fingerprint density at radius 3 is 1.17 bits per heavy atom. The molecule has 0 radical (unpaired) electrons. The summed E-state index contributed by atoms with van der Waals surface area (Å²) in [4.78, 5) is 10.6. The third-order valence-corrected chi connectivity index (χ3v) is 10.7. The molecule has 0 aliphatic carbocycles. The molecule has 0 N–H and O–H groups in total. The lowest BCUT2D eigenvalue weighted by Crippen LogP contribution is -1.97. The first-order valence-electron chi connectivity index (χ1n) is 16.3. The maximum Gasteiger partial charge on any atom is 0.0702 e. The minimum absolute atomic E-state index is 0.992. The third-order valence-electron chi connectivity index (χ3n) is 9.04. The van der Waals surface area contributed by atoms with Crippen molar-refractivity contribution in [2.24, 2.45) is 0 Å². The van der Waals surface area contributed by atoms with Crippen LogP contribution in [0.25, 0.3) is 67.0 Å². The normalized spacial score (nSPS) is 11.8. The molecular formula is C45H40N2S. The van der Waals surface area contributed by atoms with Crippen molar-refractivity contribution in [3.63, 3.8) is 0 Å². The van der Waals surface area contributed by atoms with Crippen LogP contribution in [0.1, 0.15) is 11.1 Å². The molecule has 7 aromatic rings. The second kappa shape index (κ2) is 13.1. The highest BCUT2D eigenvalue weighted by Gasteiger charge is 2.18. The van der Waals surface area contributed by atoms with Crippen LogP contribution >= 0.6 is 10.0 Å². The van der Waals surface area contributed by atoms with Gasteiger partial charge in [-0.15, -0.1) is 0 Å². The summed E-state index contributed by atoms with van der Waals surface area (Å²) in [5.74, 6) is 0. The zero-order valence-electron chi connectivity index (χ0n) is 28.2. The predicted octanol–water partition coefficient (Wildman–Crippen LogP) is 12.1. The Labute approximate surface area is 286 Å². The third kappa shape index (κ3) is 6.34. The van der Waals surface area contributed by atoms with Crippen molar-refractivity contribution in [1.29, 1.82) is 0 Å². The van der Waals surface area contributed by atoms with E-state index in [0.29, 0.717) is 0 Å². The molecule has 0 spiro atoms. The molecule has 0 bridgehead atoms. The van der Waals surface area contributed by atoms with Crippen LogP contribution in [0.3, 0.4) is 0 Å². The van der Waals surface area contributed by atoms with E-state index in [-0.39, 0.29) is 0 Å². The Morgan fingerprint density at radius 2 is 0.792 bits per heavy atom. The first-order chi connectivity index (χ1) is 23.3. The van der Waals surface area contributed by atoms with Crippen LogP contribution in [0.2, 0.25) is 0 Å². The molecule has 236 valence electrons. The summed E-state index contributed by atoms with van der Waals surface area (Å²) >= 11 is 0. The Hall–Kier alpha value is -5.25. The van der Waals surface area contributed by atoms with Crippen molar-refractivity contribution in [1.82, 2.24) is 9.97 Å². The smallest absolute Gasteiger partial charge is 0.0702 e. The van der Waals surface area contributed by atoms with Gasteiger partial charge in [0.1, 0.15) is 0 Å². The highest BCUT2D eigenvalue weighted by Crippen LogP contribution is 2.49. The summed E-state index contributed by atoms with van der Waals surface area (Å²) in [5, 5.41) is 0. The molecule has 0 atom stereocenters. The van der Waals surface area contributed by atoms with E-state index in [9.17, 15) is 0 Å². The van der Waals surface area contributed by atoms with Crippen LogP contribution in [-0.2, 0) is 0 Å². The summed E-state index contributed by atoms with van der Waals surface area (Å²) in [6.07, 6.45) is 10.9. The molecule has 0 amide bonds. The van der Waals surface area contributed by atoms with E-state index < -0.39 is 10.0 Å². The Kier molecular flexibility index (Phi) is 8.56. The minimum Gasteiger partial charge on any atom is -0.256 e. The number of pyridine rings is 2. The lowest BCUT2D eigenvalue weighted by atomic mass is 9.88. The van der Waals surface area contributed by atoms with Crippen molar-refractivity contribution >= 4 is 10.0 Å². The van der Waals surface area contributed by atoms with E-state index >= 15 is 0 Å². The summed E-state index contributed by atoms with van der Waals surface area (Å²) in [5.41, 5.74) is 16.6. The SMILES string of the molecule is Cc1cc(-c2ccccn2)ccc1-c1ccccc1-c1cc(-c2ccccc2-c2ccc(-c3ccccn3)cc2C)cc(S(C)(C)C)c1. The van der Waals surface area contributed by atoms with E-state index in [1.807, 2.05) is 36.7 Å². The molecule has 0 aliphatic rings. The highest BCUT2D eigenvalue weighted by atomic mass is 32.3. The molecule has 2 heterocycles. The summed E-state index contributed by atoms with van der Waals surface area (Å²) in [6.45, 7) is 4.41. The average molecular weight is 641 g/mol. The van der Waals surface area contributed by atoms with Gasteiger partial charge in [0.2, 0.25) is 0 Å².